The average Bonchev–Trinajstić information content (AvgIpc) is 3.77. The Kier molecular flexibility index (Phi) is 9.74. The Balaban J connectivity index is 1.36. The van der Waals surface area contributed by atoms with E-state index in [2.05, 4.69) is 10.3 Å². The Hall–Kier alpha value is -3.96. The summed E-state index contributed by atoms with van der Waals surface area (Å²) < 4.78 is 5.68. The zero-order chi connectivity index (χ0) is 33.2. The molecule has 0 radical (unpaired) electrons. The van der Waals surface area contributed by atoms with Crippen LogP contribution >= 0.6 is 11.6 Å². The lowest BCUT2D eigenvalue weighted by atomic mass is 9.95. The fourth-order valence-corrected chi connectivity index (χ4v) is 6.52. The number of nitrogens with zero attached hydrogens (tertiary/aromatic N) is 3. The Labute approximate surface area is 274 Å². The number of fused-ring (bicyclic) bond motifs is 1. The number of aromatic nitrogens is 2. The standard InChI is InChI=1S/C34H43ClN6O5/c1-21-18-22(8-10-24(21)31(44)40-15-5-6-16-40)30(43)39-26(29-37-25-11-9-23(35)19-27(25)38-29)12-13-28(42)41-17-7-14-34(41,20-36)32(45)46-33(2,3)4/h8-11,18-19,26H,5-7,12-17,20,36H2,1-4H3,(H,37,38)(H,39,43)/t26-,34+/m0/s1. The SMILES string of the molecule is Cc1cc(C(=O)N[C@@H](CCC(=O)N2CCC[C@@]2(CN)C(=O)OC(C)(C)C)c2nc3ccc(Cl)cc3[nH]2)ccc1C(=O)N1CCCC1. The fraction of sp³-hybridized carbons (Fsp3) is 0.500. The number of aryl methyl sites for hydroxylation is 1. The van der Waals surface area contributed by atoms with Crippen LogP contribution in [0.15, 0.2) is 36.4 Å². The van der Waals surface area contributed by atoms with E-state index in [9.17, 15) is 19.2 Å². The molecule has 0 unspecified atom stereocenters. The molecule has 2 fully saturated rings. The largest absolute Gasteiger partial charge is 0.458 e. The maximum Gasteiger partial charge on any atom is 0.333 e. The number of H-pyrrole nitrogens is 1. The van der Waals surface area contributed by atoms with Gasteiger partial charge < -0.3 is 30.6 Å². The highest BCUT2D eigenvalue weighted by Gasteiger charge is 2.50. The molecule has 0 aliphatic carbocycles. The summed E-state index contributed by atoms with van der Waals surface area (Å²) >= 11 is 6.20. The van der Waals surface area contributed by atoms with Crippen LogP contribution in [0.2, 0.25) is 5.02 Å². The van der Waals surface area contributed by atoms with E-state index in [4.69, 9.17) is 27.1 Å². The van der Waals surface area contributed by atoms with Crippen LogP contribution in [0.4, 0.5) is 0 Å². The van der Waals surface area contributed by atoms with E-state index < -0.39 is 23.2 Å². The van der Waals surface area contributed by atoms with E-state index in [1.165, 1.54) is 4.90 Å². The van der Waals surface area contributed by atoms with Gasteiger partial charge in [-0.2, -0.15) is 0 Å². The third kappa shape index (κ3) is 7.05. The summed E-state index contributed by atoms with van der Waals surface area (Å²) in [6.07, 6.45) is 3.26. The molecule has 3 aromatic rings. The lowest BCUT2D eigenvalue weighted by molar-refractivity contribution is -0.171. The van der Waals surface area contributed by atoms with Crippen molar-refractivity contribution in [3.63, 3.8) is 0 Å². The molecule has 12 heteroatoms. The molecule has 3 amide bonds. The minimum atomic E-state index is -1.23. The van der Waals surface area contributed by atoms with Crippen LogP contribution in [0.1, 0.15) is 97.4 Å². The minimum absolute atomic E-state index is 0.0234. The van der Waals surface area contributed by atoms with Gasteiger partial charge in [-0.25, -0.2) is 9.78 Å². The molecule has 0 bridgehead atoms. The number of nitrogens with one attached hydrogen (secondary N) is 2. The van der Waals surface area contributed by atoms with Crippen LogP contribution in [-0.4, -0.2) is 80.8 Å². The molecule has 11 nitrogen and oxygen atoms in total. The van der Waals surface area contributed by atoms with Crippen molar-refractivity contribution in [1.29, 1.82) is 0 Å². The van der Waals surface area contributed by atoms with Crippen LogP contribution in [0, 0.1) is 6.92 Å². The van der Waals surface area contributed by atoms with Gasteiger partial charge in [-0.15, -0.1) is 0 Å². The topological polar surface area (TPSA) is 151 Å². The first-order valence-electron chi connectivity index (χ1n) is 15.9. The maximum absolute atomic E-state index is 13.7. The normalized spacial score (nSPS) is 19.0. The Morgan fingerprint density at radius 1 is 1.09 bits per heavy atom. The minimum Gasteiger partial charge on any atom is -0.458 e. The number of ether oxygens (including phenoxy) is 1. The Morgan fingerprint density at radius 2 is 1.83 bits per heavy atom. The number of benzene rings is 2. The highest BCUT2D eigenvalue weighted by molar-refractivity contribution is 6.31. The molecular formula is C34H43ClN6O5. The number of likely N-dealkylation sites (tertiary alicyclic amines) is 2. The van der Waals surface area contributed by atoms with Crippen LogP contribution in [0.3, 0.4) is 0 Å². The molecule has 246 valence electrons. The van der Waals surface area contributed by atoms with Crippen LogP contribution in [-0.2, 0) is 14.3 Å². The smallest absolute Gasteiger partial charge is 0.333 e. The molecule has 3 heterocycles. The van der Waals surface area contributed by atoms with Gasteiger partial charge in [0.05, 0.1) is 17.1 Å². The zero-order valence-corrected chi connectivity index (χ0v) is 27.7. The van der Waals surface area contributed by atoms with E-state index in [-0.39, 0.29) is 37.1 Å². The fourth-order valence-electron chi connectivity index (χ4n) is 6.35. The third-order valence-corrected chi connectivity index (χ3v) is 9.00. The van der Waals surface area contributed by atoms with Gasteiger partial charge in [-0.05, 0) is 102 Å². The number of halogens is 1. The molecule has 2 saturated heterocycles. The molecule has 2 atom stereocenters. The van der Waals surface area contributed by atoms with Crippen LogP contribution < -0.4 is 11.1 Å². The van der Waals surface area contributed by atoms with E-state index in [1.807, 2.05) is 11.8 Å². The van der Waals surface area contributed by atoms with Crippen molar-refractivity contribution in [2.45, 2.75) is 83.4 Å². The van der Waals surface area contributed by atoms with E-state index in [1.54, 1.807) is 57.2 Å². The molecule has 5 rings (SSSR count). The van der Waals surface area contributed by atoms with Gasteiger partial charge >= 0.3 is 5.97 Å². The first-order valence-corrected chi connectivity index (χ1v) is 16.3. The number of carbonyl (C=O) groups excluding carboxylic acids is 4. The summed E-state index contributed by atoms with van der Waals surface area (Å²) in [7, 11) is 0. The number of rotatable bonds is 9. The van der Waals surface area contributed by atoms with Gasteiger partial charge in [0, 0.05) is 48.7 Å². The van der Waals surface area contributed by atoms with Gasteiger partial charge in [0.1, 0.15) is 11.4 Å². The van der Waals surface area contributed by atoms with Crippen molar-refractivity contribution in [2.24, 2.45) is 5.73 Å². The van der Waals surface area contributed by atoms with E-state index >= 15 is 0 Å². The van der Waals surface area contributed by atoms with Crippen molar-refractivity contribution in [3.05, 3.63) is 63.9 Å². The first-order chi connectivity index (χ1) is 21.8. The lowest BCUT2D eigenvalue weighted by Crippen LogP contribution is -2.59. The Bertz CT molecular complexity index is 1640. The summed E-state index contributed by atoms with van der Waals surface area (Å²) in [6, 6.07) is 9.63. The highest BCUT2D eigenvalue weighted by atomic mass is 35.5. The zero-order valence-electron chi connectivity index (χ0n) is 27.0. The summed E-state index contributed by atoms with van der Waals surface area (Å²) in [6.45, 7) is 8.99. The second-order valence-electron chi connectivity index (χ2n) is 13.3. The molecule has 0 spiro atoms. The number of nitrogens with two attached hydrogens (primary N) is 1. The van der Waals surface area contributed by atoms with E-state index in [0.29, 0.717) is 58.0 Å². The predicted octanol–water partition coefficient (Wildman–Crippen LogP) is 4.67. The molecule has 2 aliphatic heterocycles. The second-order valence-corrected chi connectivity index (χ2v) is 13.7. The monoisotopic (exact) mass is 650 g/mol. The van der Waals surface area contributed by atoms with Gasteiger partial charge in [0.15, 0.2) is 5.54 Å². The van der Waals surface area contributed by atoms with Gasteiger partial charge in [0.2, 0.25) is 5.91 Å². The molecule has 4 N–H and O–H groups in total. The van der Waals surface area contributed by atoms with Crippen molar-refractivity contribution in [2.75, 3.05) is 26.2 Å². The maximum atomic E-state index is 13.7. The van der Waals surface area contributed by atoms with Gasteiger partial charge in [-0.3, -0.25) is 14.4 Å². The van der Waals surface area contributed by atoms with Crippen molar-refractivity contribution in [3.8, 4) is 0 Å². The molecule has 1 aromatic heterocycles. The van der Waals surface area contributed by atoms with Crippen molar-refractivity contribution >= 4 is 46.3 Å². The van der Waals surface area contributed by atoms with E-state index in [0.717, 1.165) is 25.9 Å². The quantitative estimate of drug-likeness (QED) is 0.285. The molecular weight excluding hydrogens is 608 g/mol. The Morgan fingerprint density at radius 3 is 2.50 bits per heavy atom. The molecule has 0 saturated carbocycles. The number of imidazole rings is 1. The van der Waals surface area contributed by atoms with Gasteiger partial charge in [-0.1, -0.05) is 11.6 Å². The third-order valence-electron chi connectivity index (χ3n) is 8.76. The highest BCUT2D eigenvalue weighted by Crippen LogP contribution is 2.33. The number of amides is 3. The number of aromatic amines is 1. The molecule has 2 aliphatic rings. The summed E-state index contributed by atoms with van der Waals surface area (Å²) in [5.41, 5.74) is 7.20. The van der Waals surface area contributed by atoms with Crippen LogP contribution in [0.5, 0.6) is 0 Å². The average molecular weight is 651 g/mol. The lowest BCUT2D eigenvalue weighted by Gasteiger charge is -2.37. The number of carbonyl (C=O) groups is 4. The molecule has 46 heavy (non-hydrogen) atoms. The number of esters is 1. The van der Waals surface area contributed by atoms with Crippen molar-refractivity contribution in [1.82, 2.24) is 25.1 Å². The predicted molar refractivity (Wildman–Crippen MR) is 175 cm³/mol. The summed E-state index contributed by atoms with van der Waals surface area (Å²) in [4.78, 5) is 64.9. The summed E-state index contributed by atoms with van der Waals surface area (Å²) in [5, 5.41) is 3.58. The number of hydrogen-bond donors (Lipinski definition) is 3. The first kappa shape index (κ1) is 33.4. The number of hydrogen-bond acceptors (Lipinski definition) is 7. The van der Waals surface area contributed by atoms with Crippen LogP contribution in [0.25, 0.3) is 11.0 Å². The van der Waals surface area contributed by atoms with Gasteiger partial charge in [0.25, 0.3) is 11.8 Å². The second kappa shape index (κ2) is 13.4. The summed E-state index contributed by atoms with van der Waals surface area (Å²) in [5.74, 6) is -0.691. The molecule has 2 aromatic carbocycles. The van der Waals surface area contributed by atoms with Crippen molar-refractivity contribution < 1.29 is 23.9 Å².